The third kappa shape index (κ3) is 3.61. The minimum Gasteiger partial charge on any atom is -0.487 e. The van der Waals surface area contributed by atoms with Gasteiger partial charge in [0.15, 0.2) is 0 Å². The van der Waals surface area contributed by atoms with E-state index in [4.69, 9.17) is 4.74 Å². The van der Waals surface area contributed by atoms with Crippen LogP contribution in [0.2, 0.25) is 0 Å². The Bertz CT molecular complexity index is 369. The van der Waals surface area contributed by atoms with Gasteiger partial charge in [0.1, 0.15) is 11.9 Å². The molecular weight excluding hydrogens is 217 g/mol. The Balaban J connectivity index is 2.83. The van der Waals surface area contributed by atoms with Crippen molar-refractivity contribution in [3.05, 3.63) is 48.9 Å². The second kappa shape index (κ2) is 5.05. The molecule has 1 radical (unpaired) electrons. The number of ether oxygens (including phenoxy) is 1. The number of halogens is 3. The number of rotatable bonds is 3. The second-order valence-electron chi connectivity index (χ2n) is 3.28. The van der Waals surface area contributed by atoms with Crippen LogP contribution in [0.15, 0.2) is 36.4 Å². The molecule has 0 aromatic heterocycles. The van der Waals surface area contributed by atoms with Gasteiger partial charge in [-0.1, -0.05) is 12.1 Å². The van der Waals surface area contributed by atoms with E-state index in [2.05, 4.69) is 6.92 Å². The quantitative estimate of drug-likeness (QED) is 0.764. The van der Waals surface area contributed by atoms with Crippen LogP contribution in [0, 0.1) is 6.92 Å². The molecule has 0 N–H and O–H groups in total. The highest BCUT2D eigenvalue weighted by atomic mass is 19.4. The third-order valence-corrected chi connectivity index (χ3v) is 1.89. The lowest BCUT2D eigenvalue weighted by atomic mass is 10.2. The fourth-order valence-corrected chi connectivity index (χ4v) is 1.19. The van der Waals surface area contributed by atoms with Crippen LogP contribution in [-0.2, 0) is 6.18 Å². The molecule has 0 bridgehead atoms. The fraction of sp³-hybridized carbons (Fsp3) is 0.250. The molecule has 0 aliphatic heterocycles. The van der Waals surface area contributed by atoms with Crippen molar-refractivity contribution in [1.82, 2.24) is 0 Å². The molecule has 1 atom stereocenters. The summed E-state index contributed by atoms with van der Waals surface area (Å²) in [6, 6.07) is 4.80. The van der Waals surface area contributed by atoms with Crippen LogP contribution in [0.5, 0.6) is 5.75 Å². The average Bonchev–Trinajstić information content (AvgIpc) is 2.17. The average molecular weight is 229 g/mol. The molecule has 1 unspecified atom stereocenters. The molecule has 0 aliphatic rings. The maximum atomic E-state index is 12.4. The molecule has 1 aromatic rings. The molecule has 0 saturated carbocycles. The van der Waals surface area contributed by atoms with Gasteiger partial charge in [-0.15, -0.1) is 0 Å². The zero-order valence-corrected chi connectivity index (χ0v) is 8.79. The molecular formula is C12H12F3O. The Morgan fingerprint density at radius 2 is 2.06 bits per heavy atom. The van der Waals surface area contributed by atoms with Crippen molar-refractivity contribution in [2.24, 2.45) is 0 Å². The Labute approximate surface area is 92.5 Å². The van der Waals surface area contributed by atoms with Crippen LogP contribution in [0.3, 0.4) is 0 Å². The van der Waals surface area contributed by atoms with Gasteiger partial charge in [-0.2, -0.15) is 13.2 Å². The molecule has 0 fully saturated rings. The molecule has 1 aromatic carbocycles. The summed E-state index contributed by atoms with van der Waals surface area (Å²) >= 11 is 0. The Morgan fingerprint density at radius 1 is 1.38 bits per heavy atom. The molecule has 16 heavy (non-hydrogen) atoms. The van der Waals surface area contributed by atoms with Gasteiger partial charge in [0.25, 0.3) is 0 Å². The Hall–Kier alpha value is -1.45. The molecule has 1 rings (SSSR count). The monoisotopic (exact) mass is 229 g/mol. The van der Waals surface area contributed by atoms with Gasteiger partial charge < -0.3 is 4.74 Å². The summed E-state index contributed by atoms with van der Waals surface area (Å²) < 4.78 is 42.4. The summed E-state index contributed by atoms with van der Waals surface area (Å²) in [6.07, 6.45) is -1.45. The van der Waals surface area contributed by atoms with Gasteiger partial charge in [-0.05, 0) is 38.1 Å². The molecule has 0 amide bonds. The Kier molecular flexibility index (Phi) is 3.99. The summed E-state index contributed by atoms with van der Waals surface area (Å²) in [4.78, 5) is 0. The largest absolute Gasteiger partial charge is 0.487 e. The number of allylic oxidation sites excluding steroid dienone is 1. The lowest BCUT2D eigenvalue weighted by Crippen LogP contribution is -2.09. The highest BCUT2D eigenvalue weighted by molar-refractivity contribution is 5.30. The van der Waals surface area contributed by atoms with Crippen molar-refractivity contribution < 1.29 is 17.9 Å². The first-order chi connectivity index (χ1) is 7.43. The van der Waals surface area contributed by atoms with Crippen molar-refractivity contribution in [3.63, 3.8) is 0 Å². The Morgan fingerprint density at radius 3 is 2.62 bits per heavy atom. The van der Waals surface area contributed by atoms with Crippen molar-refractivity contribution in [3.8, 4) is 5.75 Å². The van der Waals surface area contributed by atoms with E-state index >= 15 is 0 Å². The molecule has 0 saturated heterocycles. The molecule has 4 heteroatoms. The summed E-state index contributed by atoms with van der Waals surface area (Å²) in [5.74, 6) is 0.195. The van der Waals surface area contributed by atoms with Crippen molar-refractivity contribution >= 4 is 0 Å². The molecule has 87 valence electrons. The van der Waals surface area contributed by atoms with Gasteiger partial charge >= 0.3 is 6.18 Å². The van der Waals surface area contributed by atoms with Crippen LogP contribution < -0.4 is 4.74 Å². The van der Waals surface area contributed by atoms with Gasteiger partial charge in [0.05, 0.1) is 5.56 Å². The predicted molar refractivity (Wildman–Crippen MR) is 56.0 cm³/mol. The predicted octanol–water partition coefficient (Wildman–Crippen LogP) is 3.86. The first kappa shape index (κ1) is 12.6. The maximum Gasteiger partial charge on any atom is 0.416 e. The van der Waals surface area contributed by atoms with Crippen LogP contribution in [0.1, 0.15) is 12.5 Å². The third-order valence-electron chi connectivity index (χ3n) is 1.89. The van der Waals surface area contributed by atoms with Crippen LogP contribution >= 0.6 is 0 Å². The summed E-state index contributed by atoms with van der Waals surface area (Å²) in [7, 11) is 0. The summed E-state index contributed by atoms with van der Waals surface area (Å²) in [5.41, 5.74) is -0.712. The molecule has 0 aliphatic carbocycles. The zero-order chi connectivity index (χ0) is 12.2. The van der Waals surface area contributed by atoms with Gasteiger partial charge in [0.2, 0.25) is 0 Å². The SMILES string of the molecule is [CH2]C=CC(C)Oc1cccc(C(F)(F)F)c1. The zero-order valence-electron chi connectivity index (χ0n) is 8.79. The highest BCUT2D eigenvalue weighted by Crippen LogP contribution is 2.31. The summed E-state index contributed by atoms with van der Waals surface area (Å²) in [6.45, 7) is 5.21. The first-order valence-electron chi connectivity index (χ1n) is 4.73. The van der Waals surface area contributed by atoms with E-state index in [-0.39, 0.29) is 11.9 Å². The van der Waals surface area contributed by atoms with Crippen molar-refractivity contribution in [2.75, 3.05) is 0 Å². The van der Waals surface area contributed by atoms with Crippen molar-refractivity contribution in [1.29, 1.82) is 0 Å². The van der Waals surface area contributed by atoms with E-state index in [9.17, 15) is 13.2 Å². The normalized spacial score (nSPS) is 14.1. The first-order valence-corrected chi connectivity index (χ1v) is 4.73. The van der Waals surface area contributed by atoms with Crippen LogP contribution in [0.4, 0.5) is 13.2 Å². The van der Waals surface area contributed by atoms with Gasteiger partial charge in [0, 0.05) is 0 Å². The minimum atomic E-state index is -4.34. The van der Waals surface area contributed by atoms with E-state index in [0.29, 0.717) is 0 Å². The van der Waals surface area contributed by atoms with E-state index in [1.807, 2.05) is 0 Å². The molecule has 1 nitrogen and oxygen atoms in total. The lowest BCUT2D eigenvalue weighted by Gasteiger charge is -2.13. The lowest BCUT2D eigenvalue weighted by molar-refractivity contribution is -0.137. The number of benzene rings is 1. The van der Waals surface area contributed by atoms with E-state index in [1.165, 1.54) is 18.2 Å². The maximum absolute atomic E-state index is 12.4. The molecule has 0 heterocycles. The standard InChI is InChI=1S/C12H12F3O/c1-3-5-9(2)16-11-7-4-6-10(8-11)12(13,14)15/h3-9H,1H2,2H3. The van der Waals surface area contributed by atoms with E-state index in [1.54, 1.807) is 13.0 Å². The van der Waals surface area contributed by atoms with E-state index < -0.39 is 11.7 Å². The minimum absolute atomic E-state index is 0.195. The summed E-state index contributed by atoms with van der Waals surface area (Å²) in [5, 5.41) is 0. The van der Waals surface area contributed by atoms with E-state index in [0.717, 1.165) is 12.1 Å². The topological polar surface area (TPSA) is 9.23 Å². The van der Waals surface area contributed by atoms with Gasteiger partial charge in [-0.25, -0.2) is 0 Å². The van der Waals surface area contributed by atoms with Gasteiger partial charge in [-0.3, -0.25) is 0 Å². The fourth-order valence-electron chi connectivity index (χ4n) is 1.19. The number of hydrogen-bond acceptors (Lipinski definition) is 1. The number of hydrogen-bond donors (Lipinski definition) is 0. The number of alkyl halides is 3. The smallest absolute Gasteiger partial charge is 0.416 e. The van der Waals surface area contributed by atoms with Crippen molar-refractivity contribution in [2.45, 2.75) is 19.2 Å². The molecule has 0 spiro atoms. The van der Waals surface area contributed by atoms with Crippen LogP contribution in [0.25, 0.3) is 0 Å². The van der Waals surface area contributed by atoms with Crippen LogP contribution in [-0.4, -0.2) is 6.10 Å². The highest BCUT2D eigenvalue weighted by Gasteiger charge is 2.30. The second-order valence-corrected chi connectivity index (χ2v) is 3.28.